The quantitative estimate of drug-likeness (QED) is 0.433. The number of aromatic nitrogens is 3. The molecule has 5 nitrogen and oxygen atoms in total. The van der Waals surface area contributed by atoms with Crippen molar-refractivity contribution < 1.29 is 22.0 Å². The zero-order valence-corrected chi connectivity index (χ0v) is 17.7. The highest BCUT2D eigenvalue weighted by Crippen LogP contribution is 2.47. The van der Waals surface area contributed by atoms with Gasteiger partial charge < -0.3 is 9.13 Å². The van der Waals surface area contributed by atoms with Gasteiger partial charge in [0.05, 0.1) is 22.8 Å². The van der Waals surface area contributed by atoms with Crippen molar-refractivity contribution in [1.82, 2.24) is 14.1 Å². The van der Waals surface area contributed by atoms with Gasteiger partial charge in [-0.05, 0) is 37.0 Å². The minimum Gasteiger partial charge on any atom is -0.335 e. The van der Waals surface area contributed by atoms with Crippen molar-refractivity contribution >= 4 is 10.9 Å². The first-order valence-corrected chi connectivity index (χ1v) is 10.0. The van der Waals surface area contributed by atoms with Gasteiger partial charge in [-0.25, -0.2) is 18.8 Å². The molecule has 1 atom stereocenters. The van der Waals surface area contributed by atoms with Gasteiger partial charge in [-0.1, -0.05) is 18.1 Å². The molecule has 0 bridgehead atoms. The van der Waals surface area contributed by atoms with E-state index in [-0.39, 0.29) is 34.8 Å². The van der Waals surface area contributed by atoms with Crippen LogP contribution >= 0.6 is 0 Å². The number of halogens is 5. The maximum atomic E-state index is 13.7. The number of fused-ring (bicyclic) bond motifs is 1. The number of nitrogens with zero attached hydrogens (tertiary/aromatic N) is 4. The molecule has 0 N–H and O–H groups in total. The molecule has 10 heteroatoms. The average Bonchev–Trinajstić information content (AvgIpc) is 3.55. The first-order chi connectivity index (χ1) is 15.5. The third kappa shape index (κ3) is 3.81. The van der Waals surface area contributed by atoms with Crippen LogP contribution in [0.4, 0.5) is 22.0 Å². The summed E-state index contributed by atoms with van der Waals surface area (Å²) in [7, 11) is 1.62. The molecule has 0 amide bonds. The Hall–Kier alpha value is -3.48. The maximum Gasteiger partial charge on any atom is 0.416 e. The normalized spacial score (nSPS) is 16.8. The van der Waals surface area contributed by atoms with E-state index in [1.807, 2.05) is 0 Å². The topological polar surface area (TPSA) is 52.2 Å². The Morgan fingerprint density at radius 3 is 2.55 bits per heavy atom. The third-order valence-electron chi connectivity index (χ3n) is 6.04. The van der Waals surface area contributed by atoms with Crippen molar-refractivity contribution in [3.8, 4) is 12.3 Å². The molecule has 3 aromatic rings. The van der Waals surface area contributed by atoms with Crippen LogP contribution in [0, 0.1) is 19.3 Å². The SMILES string of the molecule is C#CC(N=c1ncn(C)c2cc(=O)n(C3(C(F)F)CC3)cc12)c1cccc(C(F)(F)F)c1C. The van der Waals surface area contributed by atoms with Crippen molar-refractivity contribution in [2.24, 2.45) is 12.0 Å². The van der Waals surface area contributed by atoms with Crippen molar-refractivity contribution in [2.45, 2.75) is 43.9 Å². The van der Waals surface area contributed by atoms with Gasteiger partial charge in [0.1, 0.15) is 11.6 Å². The fraction of sp³-hybridized carbons (Fsp3) is 0.348. The first kappa shape index (κ1) is 22.7. The summed E-state index contributed by atoms with van der Waals surface area (Å²) in [5.41, 5.74) is -2.44. The maximum absolute atomic E-state index is 13.7. The molecule has 33 heavy (non-hydrogen) atoms. The molecule has 0 saturated heterocycles. The summed E-state index contributed by atoms with van der Waals surface area (Å²) in [5, 5.41) is 0.288. The molecule has 1 aliphatic carbocycles. The zero-order valence-electron chi connectivity index (χ0n) is 17.7. The Morgan fingerprint density at radius 1 is 1.27 bits per heavy atom. The average molecular weight is 462 g/mol. The summed E-state index contributed by atoms with van der Waals surface area (Å²) in [6.45, 7) is 1.31. The number of hydrogen-bond donors (Lipinski definition) is 0. The van der Waals surface area contributed by atoms with Crippen LogP contribution in [-0.4, -0.2) is 20.5 Å². The minimum atomic E-state index is -4.56. The van der Waals surface area contributed by atoms with Crippen LogP contribution in [0.1, 0.15) is 35.6 Å². The number of terminal acetylenes is 1. The number of rotatable bonds is 4. The second-order valence-electron chi connectivity index (χ2n) is 8.08. The summed E-state index contributed by atoms with van der Waals surface area (Å²) < 4.78 is 69.9. The molecule has 2 heterocycles. The first-order valence-electron chi connectivity index (χ1n) is 10.0. The zero-order chi connectivity index (χ0) is 24.1. The lowest BCUT2D eigenvalue weighted by Crippen LogP contribution is -2.35. The van der Waals surface area contributed by atoms with Crippen LogP contribution in [0.5, 0.6) is 0 Å². The van der Waals surface area contributed by atoms with Gasteiger partial charge >= 0.3 is 6.18 Å². The number of benzene rings is 1. The van der Waals surface area contributed by atoms with Crippen LogP contribution in [-0.2, 0) is 18.8 Å². The van der Waals surface area contributed by atoms with Crippen molar-refractivity contribution in [3.63, 3.8) is 0 Å². The molecule has 172 valence electrons. The summed E-state index contributed by atoms with van der Waals surface area (Å²) in [4.78, 5) is 21.2. The summed E-state index contributed by atoms with van der Waals surface area (Å²) in [6.07, 6.45) is 1.30. The van der Waals surface area contributed by atoms with Crippen LogP contribution in [0.3, 0.4) is 0 Å². The molecular weight excluding hydrogens is 443 g/mol. The highest BCUT2D eigenvalue weighted by atomic mass is 19.4. The Balaban J connectivity index is 1.95. The largest absolute Gasteiger partial charge is 0.416 e. The summed E-state index contributed by atoms with van der Waals surface area (Å²) >= 11 is 0. The Kier molecular flexibility index (Phi) is 5.39. The fourth-order valence-electron chi connectivity index (χ4n) is 3.98. The summed E-state index contributed by atoms with van der Waals surface area (Å²) in [5.74, 6) is 2.38. The summed E-state index contributed by atoms with van der Waals surface area (Å²) in [6, 6.07) is 3.77. The van der Waals surface area contributed by atoms with Crippen molar-refractivity contribution in [1.29, 1.82) is 0 Å². The molecule has 1 fully saturated rings. The number of aryl methyl sites for hydroxylation is 1. The molecule has 2 aromatic heterocycles. The Morgan fingerprint density at radius 2 is 1.97 bits per heavy atom. The third-order valence-corrected chi connectivity index (χ3v) is 6.04. The van der Waals surface area contributed by atoms with Crippen molar-refractivity contribution in [3.05, 3.63) is 69.3 Å². The van der Waals surface area contributed by atoms with Crippen LogP contribution in [0.2, 0.25) is 0 Å². The molecular formula is C23H19F5N4O. The van der Waals surface area contributed by atoms with Gasteiger partial charge in [-0.3, -0.25) is 4.79 Å². The van der Waals surface area contributed by atoms with E-state index in [0.29, 0.717) is 5.52 Å². The van der Waals surface area contributed by atoms with Gasteiger partial charge in [-0.15, -0.1) is 6.42 Å². The molecule has 0 spiro atoms. The molecule has 1 saturated carbocycles. The fourth-order valence-corrected chi connectivity index (χ4v) is 3.98. The van der Waals surface area contributed by atoms with Gasteiger partial charge in [-0.2, -0.15) is 13.2 Å². The Bertz CT molecular complexity index is 1410. The van der Waals surface area contributed by atoms with E-state index in [4.69, 9.17) is 6.42 Å². The van der Waals surface area contributed by atoms with Crippen LogP contribution < -0.4 is 11.0 Å². The molecule has 1 aliphatic rings. The molecule has 0 aliphatic heterocycles. The minimum absolute atomic E-state index is 0.0432. The molecule has 1 unspecified atom stereocenters. The van der Waals surface area contributed by atoms with Crippen LogP contribution in [0.15, 0.2) is 46.6 Å². The lowest BCUT2D eigenvalue weighted by atomic mass is 9.97. The second-order valence-corrected chi connectivity index (χ2v) is 8.08. The lowest BCUT2D eigenvalue weighted by Gasteiger charge is -2.19. The Labute approximate surface area is 185 Å². The number of pyridine rings is 1. The number of alkyl halides is 5. The van der Waals surface area contributed by atoms with Gasteiger partial charge in [0.2, 0.25) is 0 Å². The van der Waals surface area contributed by atoms with E-state index in [2.05, 4.69) is 15.9 Å². The van der Waals surface area contributed by atoms with Gasteiger partial charge in [0, 0.05) is 19.3 Å². The van der Waals surface area contributed by atoms with Gasteiger partial charge in [0.25, 0.3) is 12.0 Å². The van der Waals surface area contributed by atoms with Crippen LogP contribution in [0.25, 0.3) is 10.9 Å². The van der Waals surface area contributed by atoms with Gasteiger partial charge in [0.15, 0.2) is 5.49 Å². The molecule has 4 rings (SSSR count). The van der Waals surface area contributed by atoms with E-state index in [1.165, 1.54) is 42.2 Å². The second kappa shape index (κ2) is 7.83. The van der Waals surface area contributed by atoms with E-state index < -0.39 is 35.3 Å². The highest BCUT2D eigenvalue weighted by molar-refractivity contribution is 5.76. The predicted octanol–water partition coefficient (Wildman–Crippen LogP) is 4.09. The predicted molar refractivity (Wildman–Crippen MR) is 112 cm³/mol. The smallest absolute Gasteiger partial charge is 0.335 e. The standard InChI is InChI=1S/C23H19F5N4O/c1-4-17(14-6-5-7-16(13(14)2)23(26,27)28)30-20-15-11-32(22(8-9-22)21(24)25)19(33)10-18(15)31(3)12-29-20/h1,5-7,10-12,17,21H,8-9H2,2-3H3. The van der Waals surface area contributed by atoms with Crippen molar-refractivity contribution in [2.75, 3.05) is 0 Å². The van der Waals surface area contributed by atoms with E-state index in [9.17, 15) is 26.7 Å². The molecule has 0 radical (unpaired) electrons. The van der Waals surface area contributed by atoms with E-state index in [1.54, 1.807) is 7.05 Å². The van der Waals surface area contributed by atoms with E-state index >= 15 is 0 Å². The van der Waals surface area contributed by atoms with E-state index in [0.717, 1.165) is 10.6 Å². The lowest BCUT2D eigenvalue weighted by molar-refractivity contribution is -0.138. The number of hydrogen-bond acceptors (Lipinski definition) is 3. The highest BCUT2D eigenvalue weighted by Gasteiger charge is 2.53. The monoisotopic (exact) mass is 462 g/mol. The molecule has 1 aromatic carbocycles.